The highest BCUT2D eigenvalue weighted by Gasteiger charge is 2.13. The predicted molar refractivity (Wildman–Crippen MR) is 106 cm³/mol. The van der Waals surface area contributed by atoms with Crippen LogP contribution in [0.15, 0.2) is 59.7 Å². The maximum absolute atomic E-state index is 11.8. The van der Waals surface area contributed by atoms with E-state index in [0.717, 1.165) is 5.69 Å². The number of benzene rings is 2. The molecule has 138 valence electrons. The van der Waals surface area contributed by atoms with Gasteiger partial charge in [0.05, 0.1) is 23.2 Å². The molecule has 0 fully saturated rings. The van der Waals surface area contributed by atoms with Crippen molar-refractivity contribution in [3.05, 3.63) is 76.0 Å². The third kappa shape index (κ3) is 4.87. The Hall–Kier alpha value is -2.83. The number of rotatable bonds is 6. The molecule has 0 aliphatic carbocycles. The minimum atomic E-state index is -0.398. The number of hydrogen-bond acceptors (Lipinski definition) is 4. The number of hydrogen-bond donors (Lipinski definition) is 1. The first-order chi connectivity index (χ1) is 13.0. The van der Waals surface area contributed by atoms with Crippen molar-refractivity contribution in [2.75, 3.05) is 6.61 Å². The van der Waals surface area contributed by atoms with Crippen LogP contribution in [-0.2, 0) is 4.79 Å². The number of hydrazone groups is 1. The number of halogens is 2. The lowest BCUT2D eigenvalue weighted by atomic mass is 10.3. The van der Waals surface area contributed by atoms with Crippen LogP contribution in [-0.4, -0.2) is 28.5 Å². The topological polar surface area (TPSA) is 68.5 Å². The van der Waals surface area contributed by atoms with Gasteiger partial charge in [0.15, 0.2) is 6.61 Å². The molecule has 0 radical (unpaired) electrons. The zero-order valence-electron chi connectivity index (χ0n) is 14.4. The second-order valence-electron chi connectivity index (χ2n) is 5.57. The van der Waals surface area contributed by atoms with Crippen molar-refractivity contribution in [1.29, 1.82) is 0 Å². The first-order valence-electron chi connectivity index (χ1n) is 8.05. The quantitative estimate of drug-likeness (QED) is 0.500. The van der Waals surface area contributed by atoms with Crippen LogP contribution in [0.1, 0.15) is 11.3 Å². The van der Waals surface area contributed by atoms with Gasteiger partial charge in [-0.05, 0) is 43.3 Å². The van der Waals surface area contributed by atoms with Crippen LogP contribution in [0, 0.1) is 6.92 Å². The van der Waals surface area contributed by atoms with Gasteiger partial charge in [0, 0.05) is 5.02 Å². The van der Waals surface area contributed by atoms with E-state index in [-0.39, 0.29) is 6.61 Å². The molecule has 0 saturated heterocycles. The van der Waals surface area contributed by atoms with E-state index in [0.29, 0.717) is 27.2 Å². The van der Waals surface area contributed by atoms with Gasteiger partial charge >= 0.3 is 0 Å². The normalized spacial score (nSPS) is 10.9. The van der Waals surface area contributed by atoms with Crippen molar-refractivity contribution in [3.63, 3.8) is 0 Å². The van der Waals surface area contributed by atoms with Gasteiger partial charge in [0.25, 0.3) is 5.91 Å². The predicted octanol–water partition coefficient (Wildman–Crippen LogP) is 4.02. The Kier molecular flexibility index (Phi) is 6.11. The lowest BCUT2D eigenvalue weighted by molar-refractivity contribution is -0.123. The molecular weight excluding hydrogens is 387 g/mol. The number of carbonyl (C=O) groups excluding carboxylic acids is 1. The number of para-hydroxylation sites is 1. The Morgan fingerprint density at radius 2 is 1.89 bits per heavy atom. The van der Waals surface area contributed by atoms with Crippen molar-refractivity contribution in [2.45, 2.75) is 6.92 Å². The monoisotopic (exact) mass is 402 g/mol. The average Bonchev–Trinajstić information content (AvgIpc) is 2.96. The molecular formula is C19H16Cl2N4O2. The van der Waals surface area contributed by atoms with Crippen LogP contribution in [0.2, 0.25) is 10.2 Å². The summed E-state index contributed by atoms with van der Waals surface area (Å²) in [6.45, 7) is 1.65. The highest BCUT2D eigenvalue weighted by molar-refractivity contribution is 6.32. The van der Waals surface area contributed by atoms with Gasteiger partial charge in [-0.2, -0.15) is 10.2 Å². The van der Waals surface area contributed by atoms with Crippen LogP contribution in [0.4, 0.5) is 0 Å². The van der Waals surface area contributed by atoms with E-state index in [1.54, 1.807) is 28.9 Å². The first-order valence-corrected chi connectivity index (χ1v) is 8.81. The van der Waals surface area contributed by atoms with Crippen LogP contribution in [0.25, 0.3) is 5.69 Å². The van der Waals surface area contributed by atoms with Gasteiger partial charge in [0.1, 0.15) is 10.9 Å². The zero-order chi connectivity index (χ0) is 19.2. The van der Waals surface area contributed by atoms with Crippen LogP contribution in [0.3, 0.4) is 0 Å². The minimum absolute atomic E-state index is 0.172. The second kappa shape index (κ2) is 8.70. The summed E-state index contributed by atoms with van der Waals surface area (Å²) in [5.41, 5.74) is 4.56. The lowest BCUT2D eigenvalue weighted by Gasteiger charge is -2.04. The van der Waals surface area contributed by atoms with Gasteiger partial charge in [-0.25, -0.2) is 10.1 Å². The van der Waals surface area contributed by atoms with Gasteiger partial charge in [-0.1, -0.05) is 41.4 Å². The van der Waals surface area contributed by atoms with Crippen LogP contribution in [0.5, 0.6) is 5.75 Å². The standard InChI is InChI=1S/C19H16Cl2N4O2/c1-13-17(19(21)25(24-13)15-5-3-2-4-6-15)11-22-23-18(26)12-27-16-9-7-14(20)8-10-16/h2-11H,12H2,1H3,(H,23,26)/b22-11-. The fourth-order valence-corrected chi connectivity index (χ4v) is 2.73. The van der Waals surface area contributed by atoms with E-state index in [9.17, 15) is 4.79 Å². The zero-order valence-corrected chi connectivity index (χ0v) is 15.9. The molecule has 0 bridgehead atoms. The molecule has 0 aliphatic heterocycles. The number of aromatic nitrogens is 2. The summed E-state index contributed by atoms with van der Waals surface area (Å²) in [7, 11) is 0. The Labute approximate surface area is 166 Å². The molecule has 0 aliphatic rings. The molecule has 1 heterocycles. The largest absolute Gasteiger partial charge is 0.484 e. The maximum Gasteiger partial charge on any atom is 0.277 e. The summed E-state index contributed by atoms with van der Waals surface area (Å²) in [5.74, 6) is 0.145. The van der Waals surface area contributed by atoms with Gasteiger partial charge < -0.3 is 4.74 Å². The summed E-state index contributed by atoms with van der Waals surface area (Å²) >= 11 is 12.2. The molecule has 0 spiro atoms. The summed E-state index contributed by atoms with van der Waals surface area (Å²) in [6.07, 6.45) is 1.46. The molecule has 6 nitrogen and oxygen atoms in total. The van der Waals surface area contributed by atoms with Gasteiger partial charge in [0.2, 0.25) is 0 Å². The van der Waals surface area contributed by atoms with Crippen LogP contribution < -0.4 is 10.2 Å². The second-order valence-corrected chi connectivity index (χ2v) is 6.37. The third-order valence-corrected chi connectivity index (χ3v) is 4.23. The highest BCUT2D eigenvalue weighted by Crippen LogP contribution is 2.21. The number of nitrogens with zero attached hydrogens (tertiary/aromatic N) is 3. The van der Waals surface area contributed by atoms with Gasteiger partial charge in [-0.3, -0.25) is 4.79 Å². The lowest BCUT2D eigenvalue weighted by Crippen LogP contribution is -2.24. The van der Waals surface area contributed by atoms with E-state index < -0.39 is 5.91 Å². The molecule has 0 unspecified atom stereocenters. The van der Waals surface area contributed by atoms with Crippen molar-refractivity contribution in [3.8, 4) is 11.4 Å². The Morgan fingerprint density at radius 3 is 2.59 bits per heavy atom. The number of amides is 1. The summed E-state index contributed by atoms with van der Waals surface area (Å²) in [6, 6.07) is 16.2. The Balaban J connectivity index is 1.60. The molecule has 1 aromatic heterocycles. The SMILES string of the molecule is Cc1nn(-c2ccccc2)c(Cl)c1/C=N\NC(=O)COc1ccc(Cl)cc1. The molecule has 1 amide bonds. The summed E-state index contributed by atoms with van der Waals surface area (Å²) < 4.78 is 6.96. The highest BCUT2D eigenvalue weighted by atomic mass is 35.5. The molecule has 3 aromatic rings. The number of carbonyl (C=O) groups is 1. The summed E-state index contributed by atoms with van der Waals surface area (Å²) in [5, 5.41) is 9.35. The molecule has 8 heteroatoms. The van der Waals surface area contributed by atoms with Crippen molar-refractivity contribution in [2.24, 2.45) is 5.10 Å². The van der Waals surface area contributed by atoms with E-state index in [2.05, 4.69) is 15.6 Å². The molecule has 1 N–H and O–H groups in total. The average molecular weight is 403 g/mol. The fraction of sp³-hybridized carbons (Fsp3) is 0.105. The Morgan fingerprint density at radius 1 is 1.19 bits per heavy atom. The van der Waals surface area contributed by atoms with E-state index in [1.165, 1.54) is 6.21 Å². The smallest absolute Gasteiger partial charge is 0.277 e. The first kappa shape index (κ1) is 18.9. The van der Waals surface area contributed by atoms with Crippen molar-refractivity contribution in [1.82, 2.24) is 15.2 Å². The molecule has 3 rings (SSSR count). The fourth-order valence-electron chi connectivity index (χ4n) is 2.28. The van der Waals surface area contributed by atoms with E-state index >= 15 is 0 Å². The van der Waals surface area contributed by atoms with E-state index in [4.69, 9.17) is 27.9 Å². The van der Waals surface area contributed by atoms with Crippen molar-refractivity contribution >= 4 is 35.3 Å². The van der Waals surface area contributed by atoms with Gasteiger partial charge in [-0.15, -0.1) is 0 Å². The molecule has 27 heavy (non-hydrogen) atoms. The van der Waals surface area contributed by atoms with Crippen LogP contribution >= 0.6 is 23.2 Å². The maximum atomic E-state index is 11.8. The van der Waals surface area contributed by atoms with E-state index in [1.807, 2.05) is 37.3 Å². The molecule has 2 aromatic carbocycles. The number of ether oxygens (including phenoxy) is 1. The third-order valence-electron chi connectivity index (χ3n) is 3.62. The van der Waals surface area contributed by atoms with Crippen molar-refractivity contribution < 1.29 is 9.53 Å². The number of nitrogens with one attached hydrogen (secondary N) is 1. The Bertz CT molecular complexity index is 954. The number of aryl methyl sites for hydroxylation is 1. The summed E-state index contributed by atoms with van der Waals surface area (Å²) in [4.78, 5) is 11.8. The molecule has 0 saturated carbocycles. The minimum Gasteiger partial charge on any atom is -0.484 e. The molecule has 0 atom stereocenters.